The van der Waals surface area contributed by atoms with E-state index in [0.717, 1.165) is 18.3 Å². The Morgan fingerprint density at radius 2 is 0.962 bits per heavy atom. The number of rotatable bonds is 7. The first-order valence-corrected chi connectivity index (χ1v) is 19.8. The van der Waals surface area contributed by atoms with Crippen molar-refractivity contribution >= 4 is 0 Å². The fourth-order valence-corrected chi connectivity index (χ4v) is 4.45. The first kappa shape index (κ1) is 58.7. The molecule has 0 saturated heterocycles. The molecule has 0 aliphatic carbocycles. The SMILES string of the molecule is C.C.C=C(C)C(C)C(Cc1ccccc1)(c1ccc(C)cc1)c1cc(C)cc(C)c1.CC.CC(C)(C)C.CC(C)C(C)(C)C.CCC.CCC(C)C. The summed E-state index contributed by atoms with van der Waals surface area (Å²) in [4.78, 5) is 0. The highest BCUT2D eigenvalue weighted by molar-refractivity contribution is 5.47. The fourth-order valence-electron chi connectivity index (χ4n) is 4.45. The van der Waals surface area contributed by atoms with E-state index in [1.54, 1.807) is 0 Å². The van der Waals surface area contributed by atoms with Gasteiger partial charge in [0.25, 0.3) is 0 Å². The summed E-state index contributed by atoms with van der Waals surface area (Å²) in [6.07, 6.45) is 3.51. The van der Waals surface area contributed by atoms with Crippen LogP contribution in [0.15, 0.2) is 84.9 Å². The van der Waals surface area contributed by atoms with Crippen LogP contribution in [0.25, 0.3) is 0 Å². The Labute approximate surface area is 330 Å². The Morgan fingerprint density at radius 3 is 1.25 bits per heavy atom. The van der Waals surface area contributed by atoms with Crippen molar-refractivity contribution in [3.05, 3.63) is 118 Å². The molecule has 0 heterocycles. The van der Waals surface area contributed by atoms with Crippen molar-refractivity contribution in [1.29, 1.82) is 0 Å². The van der Waals surface area contributed by atoms with E-state index in [9.17, 15) is 0 Å². The number of benzene rings is 3. The maximum absolute atomic E-state index is 4.38. The van der Waals surface area contributed by atoms with Gasteiger partial charge in [0.2, 0.25) is 0 Å². The lowest BCUT2D eigenvalue weighted by atomic mass is 9.61. The lowest BCUT2D eigenvalue weighted by Gasteiger charge is -2.42. The molecule has 0 aliphatic heterocycles. The average Bonchev–Trinajstić information content (AvgIpc) is 3.00. The summed E-state index contributed by atoms with van der Waals surface area (Å²) in [7, 11) is 0. The summed E-state index contributed by atoms with van der Waals surface area (Å²) < 4.78 is 0. The third-order valence-corrected chi connectivity index (χ3v) is 8.66. The second-order valence-corrected chi connectivity index (χ2v) is 17.5. The van der Waals surface area contributed by atoms with Gasteiger partial charge in [0.1, 0.15) is 0 Å². The van der Waals surface area contributed by atoms with E-state index < -0.39 is 0 Å². The molecule has 0 spiro atoms. The minimum atomic E-state index is -0.155. The van der Waals surface area contributed by atoms with Crippen LogP contribution in [0.1, 0.15) is 186 Å². The molecule has 0 amide bonds. The van der Waals surface area contributed by atoms with Crippen LogP contribution in [0.2, 0.25) is 0 Å². The van der Waals surface area contributed by atoms with Crippen molar-refractivity contribution in [1.82, 2.24) is 0 Å². The quantitative estimate of drug-likeness (QED) is 0.213. The number of hydrogen-bond donors (Lipinski definition) is 0. The molecule has 302 valence electrons. The van der Waals surface area contributed by atoms with Crippen molar-refractivity contribution in [2.24, 2.45) is 28.6 Å². The van der Waals surface area contributed by atoms with Crippen LogP contribution in [0.5, 0.6) is 0 Å². The Balaban J connectivity index is -0.000000253. The van der Waals surface area contributed by atoms with Crippen molar-refractivity contribution < 1.29 is 0 Å². The van der Waals surface area contributed by atoms with Gasteiger partial charge in [0.15, 0.2) is 0 Å². The summed E-state index contributed by atoms with van der Waals surface area (Å²) in [5, 5.41) is 0. The maximum atomic E-state index is 4.38. The maximum Gasteiger partial charge on any atom is 0.0305 e. The highest BCUT2D eigenvalue weighted by atomic mass is 14.4. The van der Waals surface area contributed by atoms with E-state index >= 15 is 0 Å². The highest BCUT2D eigenvalue weighted by Gasteiger charge is 2.40. The van der Waals surface area contributed by atoms with Crippen LogP contribution >= 0.6 is 0 Å². The second-order valence-electron chi connectivity index (χ2n) is 17.5. The van der Waals surface area contributed by atoms with Crippen molar-refractivity contribution in [3.63, 3.8) is 0 Å². The van der Waals surface area contributed by atoms with Crippen molar-refractivity contribution in [2.45, 2.75) is 185 Å². The molecule has 0 saturated carbocycles. The van der Waals surface area contributed by atoms with E-state index in [2.05, 4.69) is 211 Å². The van der Waals surface area contributed by atoms with Gasteiger partial charge in [-0.05, 0) is 79.4 Å². The molecule has 52 heavy (non-hydrogen) atoms. The molecule has 0 N–H and O–H groups in total. The van der Waals surface area contributed by atoms with E-state index in [-0.39, 0.29) is 20.3 Å². The minimum Gasteiger partial charge on any atom is -0.0998 e. The van der Waals surface area contributed by atoms with Crippen LogP contribution in [0.4, 0.5) is 0 Å². The van der Waals surface area contributed by atoms with Gasteiger partial charge in [-0.2, -0.15) is 0 Å². The van der Waals surface area contributed by atoms with Crippen LogP contribution in [0.3, 0.4) is 0 Å². The second kappa shape index (κ2) is 29.8. The molecule has 3 aromatic carbocycles. The van der Waals surface area contributed by atoms with E-state index in [1.807, 2.05) is 13.8 Å². The van der Waals surface area contributed by atoms with Crippen LogP contribution in [-0.2, 0) is 11.8 Å². The van der Waals surface area contributed by atoms with Crippen molar-refractivity contribution in [2.75, 3.05) is 0 Å². The van der Waals surface area contributed by atoms with Gasteiger partial charge in [0, 0.05) is 5.41 Å². The normalized spacial score (nSPS) is 12.0. The van der Waals surface area contributed by atoms with Gasteiger partial charge >= 0.3 is 0 Å². The molecule has 0 aliphatic rings. The summed E-state index contributed by atoms with van der Waals surface area (Å²) >= 11 is 0. The zero-order valence-corrected chi connectivity index (χ0v) is 37.5. The van der Waals surface area contributed by atoms with E-state index in [0.29, 0.717) is 16.7 Å². The summed E-state index contributed by atoms with van der Waals surface area (Å²) in [5.41, 5.74) is 10.1. The largest absolute Gasteiger partial charge is 0.0998 e. The summed E-state index contributed by atoms with van der Waals surface area (Å²) in [6.45, 7) is 50.4. The first-order chi connectivity index (χ1) is 23.0. The van der Waals surface area contributed by atoms with Gasteiger partial charge in [-0.15, -0.1) is 0 Å². The van der Waals surface area contributed by atoms with Crippen LogP contribution in [-0.4, -0.2) is 0 Å². The highest BCUT2D eigenvalue weighted by Crippen LogP contribution is 2.45. The zero-order chi connectivity index (χ0) is 39.9. The van der Waals surface area contributed by atoms with Gasteiger partial charge < -0.3 is 0 Å². The van der Waals surface area contributed by atoms with Crippen LogP contribution in [0, 0.1) is 49.4 Å². The molecule has 3 aromatic rings. The predicted octanol–water partition coefficient (Wildman–Crippen LogP) is 17.9. The number of aryl methyl sites for hydroxylation is 3. The molecule has 3 rings (SSSR count). The van der Waals surface area contributed by atoms with Crippen LogP contribution < -0.4 is 0 Å². The molecular formula is C52H94. The lowest BCUT2D eigenvalue weighted by Crippen LogP contribution is -2.38. The molecule has 2 unspecified atom stereocenters. The lowest BCUT2D eigenvalue weighted by molar-refractivity contribution is 0.283. The Morgan fingerprint density at radius 1 is 0.615 bits per heavy atom. The molecule has 0 aromatic heterocycles. The van der Waals surface area contributed by atoms with Crippen molar-refractivity contribution in [3.8, 4) is 0 Å². The predicted molar refractivity (Wildman–Crippen MR) is 247 cm³/mol. The molecule has 0 fully saturated rings. The Bertz CT molecular complexity index is 1220. The third kappa shape index (κ3) is 26.2. The molecular weight excluding hydrogens is 625 g/mol. The fraction of sp³-hybridized carbons (Fsp3) is 0.615. The topological polar surface area (TPSA) is 0 Å². The average molecular weight is 719 g/mol. The van der Waals surface area contributed by atoms with E-state index in [1.165, 1.54) is 51.8 Å². The molecule has 0 nitrogen and oxygen atoms in total. The Kier molecular flexibility index (Phi) is 33.6. The molecule has 0 radical (unpaired) electrons. The summed E-state index contributed by atoms with van der Waals surface area (Å²) in [6, 6.07) is 27.0. The standard InChI is InChI=1S/C28H32.C7H16.2C5H12.C3H8.C2H6.2CH4/c1-20(2)24(6)28(19-25-10-8-7-9-11-25,26-14-12-21(3)13-15-26)27-17-22(4)16-23(5)18-27;1-6(2)7(3,4)5;1-5(2,3)4;1-4-5(2)3;1-3-2;1-2;;/h7-18,24H,1,19H2,2-6H3;6H,1-5H3;1-4H3;5H,4H2,1-3H3;3H2,1-2H3;1-2H3;2*1H4. The number of allylic oxidation sites excluding steroid dienone is 1. The molecule has 2 atom stereocenters. The summed E-state index contributed by atoms with van der Waals surface area (Å²) in [5.74, 6) is 1.99. The van der Waals surface area contributed by atoms with Gasteiger partial charge in [-0.3, -0.25) is 0 Å². The zero-order valence-electron chi connectivity index (χ0n) is 37.5. The van der Waals surface area contributed by atoms with Gasteiger partial charge in [-0.25, -0.2) is 0 Å². The van der Waals surface area contributed by atoms with Gasteiger partial charge in [-0.1, -0.05) is 247 Å². The number of hydrogen-bond acceptors (Lipinski definition) is 0. The monoisotopic (exact) mass is 719 g/mol. The molecule has 0 heteroatoms. The smallest absolute Gasteiger partial charge is 0.0305 e. The Hall–Kier alpha value is -2.60. The first-order valence-electron chi connectivity index (χ1n) is 19.8. The van der Waals surface area contributed by atoms with E-state index in [4.69, 9.17) is 0 Å². The van der Waals surface area contributed by atoms with Gasteiger partial charge in [0.05, 0.1) is 0 Å². The molecule has 0 bridgehead atoms. The third-order valence-electron chi connectivity index (χ3n) is 8.66. The minimum absolute atomic E-state index is 0.